The zero-order valence-corrected chi connectivity index (χ0v) is 13.0. The van der Waals surface area contributed by atoms with E-state index < -0.39 is 10.0 Å². The van der Waals surface area contributed by atoms with E-state index in [9.17, 15) is 8.42 Å². The molecule has 112 valence electrons. The number of aromatic nitrogens is 1. The Balaban J connectivity index is 1.93. The molecule has 1 aliphatic rings. The molecule has 1 aromatic heterocycles. The molecule has 0 aromatic carbocycles. The van der Waals surface area contributed by atoms with Gasteiger partial charge in [-0.25, -0.2) is 8.42 Å². The van der Waals surface area contributed by atoms with Crippen LogP contribution in [0.2, 0.25) is 0 Å². The van der Waals surface area contributed by atoms with Gasteiger partial charge in [-0.15, -0.1) is 0 Å². The van der Waals surface area contributed by atoms with E-state index in [4.69, 9.17) is 0 Å². The summed E-state index contributed by atoms with van der Waals surface area (Å²) in [6.45, 7) is 4.70. The number of hydrogen-bond donors (Lipinski definition) is 2. The Morgan fingerprint density at radius 1 is 1.35 bits per heavy atom. The summed E-state index contributed by atoms with van der Waals surface area (Å²) in [5.74, 6) is 0.151. The molecule has 1 unspecified atom stereocenters. The first-order valence-corrected chi connectivity index (χ1v) is 8.80. The number of hydrogen-bond acceptors (Lipinski definition) is 4. The average Bonchev–Trinajstić information content (AvgIpc) is 2.41. The molecule has 6 heteroatoms. The molecule has 0 radical (unpaired) electrons. The second-order valence-corrected chi connectivity index (χ2v) is 7.28. The van der Waals surface area contributed by atoms with E-state index in [1.54, 1.807) is 6.07 Å². The van der Waals surface area contributed by atoms with Crippen molar-refractivity contribution < 1.29 is 8.42 Å². The molecule has 1 fully saturated rings. The van der Waals surface area contributed by atoms with Crippen molar-refractivity contribution >= 4 is 15.7 Å². The summed E-state index contributed by atoms with van der Waals surface area (Å²) in [7, 11) is -3.30. The molecule has 0 saturated carbocycles. The minimum Gasteiger partial charge on any atom is -0.314 e. The van der Waals surface area contributed by atoms with Crippen molar-refractivity contribution in [3.8, 4) is 0 Å². The number of piperidine rings is 1. The highest BCUT2D eigenvalue weighted by molar-refractivity contribution is 7.92. The van der Waals surface area contributed by atoms with Gasteiger partial charge in [-0.3, -0.25) is 9.71 Å². The zero-order chi connectivity index (χ0) is 14.6. The minimum atomic E-state index is -3.30. The van der Waals surface area contributed by atoms with Crippen LogP contribution in [-0.2, 0) is 10.0 Å². The maximum atomic E-state index is 12.1. The largest absolute Gasteiger partial charge is 0.314 e. The van der Waals surface area contributed by atoms with Crippen LogP contribution in [0.1, 0.15) is 37.1 Å². The number of anilines is 1. The lowest BCUT2D eigenvalue weighted by molar-refractivity contribution is 0.393. The number of rotatable bonds is 5. The fourth-order valence-corrected chi connectivity index (χ4v) is 3.73. The van der Waals surface area contributed by atoms with E-state index in [1.807, 2.05) is 19.9 Å². The first kappa shape index (κ1) is 15.3. The molecule has 20 heavy (non-hydrogen) atoms. The summed E-state index contributed by atoms with van der Waals surface area (Å²) < 4.78 is 26.9. The van der Waals surface area contributed by atoms with Gasteiger partial charge in [0.2, 0.25) is 10.0 Å². The highest BCUT2D eigenvalue weighted by Gasteiger charge is 2.18. The second-order valence-electron chi connectivity index (χ2n) is 5.44. The summed E-state index contributed by atoms with van der Waals surface area (Å²) in [6, 6.07) is 3.92. The molecule has 2 rings (SSSR count). The molecule has 0 spiro atoms. The van der Waals surface area contributed by atoms with Gasteiger partial charge in [-0.1, -0.05) is 6.42 Å². The van der Waals surface area contributed by atoms with Crippen molar-refractivity contribution in [2.45, 2.75) is 45.6 Å². The van der Waals surface area contributed by atoms with E-state index >= 15 is 0 Å². The van der Waals surface area contributed by atoms with Crippen LogP contribution < -0.4 is 10.0 Å². The number of aryl methyl sites for hydroxylation is 2. The molecule has 1 aromatic rings. The predicted octanol–water partition coefficient (Wildman–Crippen LogP) is 1.97. The summed E-state index contributed by atoms with van der Waals surface area (Å²) in [6.07, 6.45) is 4.11. The normalized spacial score (nSPS) is 19.8. The minimum absolute atomic E-state index is 0.151. The smallest absolute Gasteiger partial charge is 0.232 e. The Kier molecular flexibility index (Phi) is 4.99. The molecule has 0 aliphatic carbocycles. The van der Waals surface area contributed by atoms with E-state index in [0.717, 1.165) is 18.7 Å². The van der Waals surface area contributed by atoms with Crippen molar-refractivity contribution in [3.05, 3.63) is 23.5 Å². The van der Waals surface area contributed by atoms with Crippen molar-refractivity contribution in [1.29, 1.82) is 0 Å². The summed E-state index contributed by atoms with van der Waals surface area (Å²) >= 11 is 0. The van der Waals surface area contributed by atoms with Crippen LogP contribution >= 0.6 is 0 Å². The van der Waals surface area contributed by atoms with Crippen LogP contribution in [0.4, 0.5) is 5.69 Å². The van der Waals surface area contributed by atoms with Crippen molar-refractivity contribution in [2.75, 3.05) is 17.0 Å². The Morgan fingerprint density at radius 3 is 2.80 bits per heavy atom. The molecule has 2 N–H and O–H groups in total. The lowest BCUT2D eigenvalue weighted by Crippen LogP contribution is -2.36. The van der Waals surface area contributed by atoms with E-state index in [1.165, 1.54) is 12.8 Å². The van der Waals surface area contributed by atoms with Gasteiger partial charge in [0.15, 0.2) is 0 Å². The van der Waals surface area contributed by atoms with E-state index in [-0.39, 0.29) is 5.75 Å². The molecule has 0 amide bonds. The van der Waals surface area contributed by atoms with Crippen LogP contribution in [0, 0.1) is 13.8 Å². The van der Waals surface area contributed by atoms with Crippen molar-refractivity contribution in [3.63, 3.8) is 0 Å². The molecule has 2 heterocycles. The zero-order valence-electron chi connectivity index (χ0n) is 12.1. The number of pyridine rings is 1. The molecular formula is C14H23N3O2S. The summed E-state index contributed by atoms with van der Waals surface area (Å²) in [4.78, 5) is 4.27. The molecule has 1 saturated heterocycles. The van der Waals surface area contributed by atoms with Crippen molar-refractivity contribution in [2.24, 2.45) is 0 Å². The highest BCUT2D eigenvalue weighted by Crippen LogP contribution is 2.16. The third kappa shape index (κ3) is 4.45. The maximum absolute atomic E-state index is 12.1. The van der Waals surface area contributed by atoms with Crippen molar-refractivity contribution in [1.82, 2.24) is 10.3 Å². The SMILES string of the molecule is Cc1ccc(NS(=O)(=O)CCC2CCCCN2)c(C)n1. The number of sulfonamides is 1. The summed E-state index contributed by atoms with van der Waals surface area (Å²) in [5.41, 5.74) is 2.17. The van der Waals surface area contributed by atoms with Gasteiger partial charge in [0.25, 0.3) is 0 Å². The fourth-order valence-electron chi connectivity index (χ4n) is 2.48. The van der Waals surface area contributed by atoms with Gasteiger partial charge >= 0.3 is 0 Å². The third-order valence-electron chi connectivity index (χ3n) is 3.64. The molecular weight excluding hydrogens is 274 g/mol. The number of nitrogens with zero attached hydrogens (tertiary/aromatic N) is 1. The first-order chi connectivity index (χ1) is 9.46. The standard InChI is InChI=1S/C14H23N3O2S/c1-11-6-7-14(12(2)16-11)17-20(18,19)10-8-13-5-3-4-9-15-13/h6-7,13,15,17H,3-5,8-10H2,1-2H3. The fraction of sp³-hybridized carbons (Fsp3) is 0.643. The monoisotopic (exact) mass is 297 g/mol. The average molecular weight is 297 g/mol. The Morgan fingerprint density at radius 2 is 2.15 bits per heavy atom. The lowest BCUT2D eigenvalue weighted by atomic mass is 10.0. The molecule has 1 aliphatic heterocycles. The van der Waals surface area contributed by atoms with Gasteiger partial charge in [-0.05, 0) is 51.8 Å². The van der Waals surface area contributed by atoms with Gasteiger partial charge in [0.05, 0.1) is 17.1 Å². The van der Waals surface area contributed by atoms with Crippen LogP contribution in [0.15, 0.2) is 12.1 Å². The van der Waals surface area contributed by atoms with Crippen LogP contribution in [0.5, 0.6) is 0 Å². The Labute approximate surface area is 121 Å². The molecule has 0 bridgehead atoms. The quantitative estimate of drug-likeness (QED) is 0.871. The van der Waals surface area contributed by atoms with Crippen LogP contribution in [-0.4, -0.2) is 31.7 Å². The number of nitrogens with one attached hydrogen (secondary N) is 2. The topological polar surface area (TPSA) is 71.1 Å². The van der Waals surface area contributed by atoms with E-state index in [0.29, 0.717) is 23.8 Å². The Bertz CT molecular complexity index is 552. The van der Waals surface area contributed by atoms with Crippen LogP contribution in [0.25, 0.3) is 0 Å². The molecule has 5 nitrogen and oxygen atoms in total. The van der Waals surface area contributed by atoms with Gasteiger partial charge in [-0.2, -0.15) is 0 Å². The highest BCUT2D eigenvalue weighted by atomic mass is 32.2. The maximum Gasteiger partial charge on any atom is 0.232 e. The van der Waals surface area contributed by atoms with Gasteiger partial charge < -0.3 is 5.32 Å². The second kappa shape index (κ2) is 6.54. The van der Waals surface area contributed by atoms with E-state index in [2.05, 4.69) is 15.0 Å². The Hall–Kier alpha value is -1.14. The predicted molar refractivity (Wildman–Crippen MR) is 81.4 cm³/mol. The lowest BCUT2D eigenvalue weighted by Gasteiger charge is -2.23. The van der Waals surface area contributed by atoms with Crippen LogP contribution in [0.3, 0.4) is 0 Å². The third-order valence-corrected chi connectivity index (χ3v) is 4.94. The summed E-state index contributed by atoms with van der Waals surface area (Å²) in [5, 5.41) is 3.37. The first-order valence-electron chi connectivity index (χ1n) is 7.14. The van der Waals surface area contributed by atoms with Gasteiger partial charge in [0, 0.05) is 11.7 Å². The molecule has 1 atom stereocenters. The van der Waals surface area contributed by atoms with Gasteiger partial charge in [0.1, 0.15) is 0 Å².